The Hall–Kier alpha value is -2.62. The van der Waals surface area contributed by atoms with Crippen LogP contribution >= 0.6 is 0 Å². The molecule has 0 aliphatic heterocycles. The van der Waals surface area contributed by atoms with Crippen molar-refractivity contribution in [1.82, 2.24) is 0 Å². The van der Waals surface area contributed by atoms with Crippen LogP contribution < -0.4 is 4.74 Å². The number of rotatable bonds is 6. The molecule has 0 bridgehead atoms. The van der Waals surface area contributed by atoms with E-state index in [-0.39, 0.29) is 12.4 Å². The third-order valence-electron chi connectivity index (χ3n) is 4.41. The summed E-state index contributed by atoms with van der Waals surface area (Å²) in [6, 6.07) is 13.2. The van der Waals surface area contributed by atoms with Crippen molar-refractivity contribution in [3.8, 4) is 5.75 Å². The molecule has 0 aromatic heterocycles. The average Bonchev–Trinajstić information content (AvgIpc) is 3.07. The molecule has 1 unspecified atom stereocenters. The van der Waals surface area contributed by atoms with Gasteiger partial charge in [-0.25, -0.2) is 4.79 Å². The number of carbonyl (C=O) groups excluding carboxylic acids is 2. The SMILES string of the molecule is Cc1cccc(OCC(=O)OC(C)C(=O)c2ccc3c(c2)CCC3)c1. The molecular formula is C21H22O4. The summed E-state index contributed by atoms with van der Waals surface area (Å²) in [6.07, 6.45) is 2.39. The predicted molar refractivity (Wildman–Crippen MR) is 95.0 cm³/mol. The molecule has 0 amide bonds. The first-order valence-corrected chi connectivity index (χ1v) is 8.58. The topological polar surface area (TPSA) is 52.6 Å². The summed E-state index contributed by atoms with van der Waals surface area (Å²) >= 11 is 0. The van der Waals surface area contributed by atoms with Crippen molar-refractivity contribution in [3.05, 3.63) is 64.7 Å². The van der Waals surface area contributed by atoms with Crippen molar-refractivity contribution in [2.45, 2.75) is 39.2 Å². The Bertz CT molecular complexity index is 794. The standard InChI is InChI=1S/C21H22O4/c1-14-5-3-8-19(11-14)24-13-20(22)25-15(2)21(23)18-10-9-16-6-4-7-17(16)12-18/h3,5,8-12,15H,4,6-7,13H2,1-2H3. The molecule has 0 heterocycles. The summed E-state index contributed by atoms with van der Waals surface area (Å²) in [5.41, 5.74) is 4.19. The van der Waals surface area contributed by atoms with Gasteiger partial charge in [-0.3, -0.25) is 4.79 Å². The molecule has 4 heteroatoms. The maximum Gasteiger partial charge on any atom is 0.344 e. The van der Waals surface area contributed by atoms with Crippen LogP contribution in [-0.2, 0) is 22.4 Å². The minimum absolute atomic E-state index is 0.182. The number of hydrogen-bond acceptors (Lipinski definition) is 4. The van der Waals surface area contributed by atoms with Crippen molar-refractivity contribution in [2.75, 3.05) is 6.61 Å². The quantitative estimate of drug-likeness (QED) is 0.595. The maximum absolute atomic E-state index is 12.5. The molecule has 2 aromatic carbocycles. The van der Waals surface area contributed by atoms with E-state index in [1.807, 2.05) is 43.3 Å². The van der Waals surface area contributed by atoms with Gasteiger partial charge < -0.3 is 9.47 Å². The van der Waals surface area contributed by atoms with Crippen LogP contribution in [0.4, 0.5) is 0 Å². The largest absolute Gasteiger partial charge is 0.482 e. The van der Waals surface area contributed by atoms with E-state index in [9.17, 15) is 9.59 Å². The second-order valence-corrected chi connectivity index (χ2v) is 6.44. The van der Waals surface area contributed by atoms with E-state index >= 15 is 0 Å². The molecule has 1 atom stereocenters. The monoisotopic (exact) mass is 338 g/mol. The summed E-state index contributed by atoms with van der Waals surface area (Å²) in [7, 11) is 0. The molecule has 3 rings (SSSR count). The Morgan fingerprint density at radius 2 is 1.88 bits per heavy atom. The van der Waals surface area contributed by atoms with Gasteiger partial charge in [-0.2, -0.15) is 0 Å². The molecule has 25 heavy (non-hydrogen) atoms. The van der Waals surface area contributed by atoms with Gasteiger partial charge in [0.05, 0.1) is 0 Å². The summed E-state index contributed by atoms with van der Waals surface area (Å²) in [6.45, 7) is 3.33. The minimum atomic E-state index is -0.826. The molecule has 0 radical (unpaired) electrons. The van der Waals surface area contributed by atoms with Crippen LogP contribution in [0.15, 0.2) is 42.5 Å². The first kappa shape index (κ1) is 17.2. The lowest BCUT2D eigenvalue weighted by Crippen LogP contribution is -2.27. The van der Waals surface area contributed by atoms with Gasteiger partial charge in [0, 0.05) is 5.56 Å². The third kappa shape index (κ3) is 4.27. The van der Waals surface area contributed by atoms with E-state index in [1.54, 1.807) is 13.0 Å². The highest BCUT2D eigenvalue weighted by atomic mass is 16.6. The van der Waals surface area contributed by atoms with Gasteiger partial charge in [-0.15, -0.1) is 0 Å². The second-order valence-electron chi connectivity index (χ2n) is 6.44. The number of aryl methyl sites for hydroxylation is 3. The third-order valence-corrected chi connectivity index (χ3v) is 4.41. The molecule has 0 spiro atoms. The number of benzene rings is 2. The molecule has 0 saturated carbocycles. The Morgan fingerprint density at radius 1 is 1.08 bits per heavy atom. The number of esters is 1. The summed E-state index contributed by atoms with van der Waals surface area (Å²) in [5, 5.41) is 0. The summed E-state index contributed by atoms with van der Waals surface area (Å²) < 4.78 is 10.6. The lowest BCUT2D eigenvalue weighted by molar-refractivity contribution is -0.148. The van der Waals surface area contributed by atoms with Crippen molar-refractivity contribution in [2.24, 2.45) is 0 Å². The van der Waals surface area contributed by atoms with Crippen molar-refractivity contribution >= 4 is 11.8 Å². The van der Waals surface area contributed by atoms with Gasteiger partial charge in [-0.05, 0) is 68.0 Å². The first-order valence-electron chi connectivity index (χ1n) is 8.58. The number of ketones is 1. The lowest BCUT2D eigenvalue weighted by atomic mass is 10.0. The first-order chi connectivity index (χ1) is 12.0. The molecule has 2 aromatic rings. The van der Waals surface area contributed by atoms with Gasteiger partial charge in [0.1, 0.15) is 5.75 Å². The molecule has 0 fully saturated rings. The van der Waals surface area contributed by atoms with Gasteiger partial charge in [-0.1, -0.05) is 24.3 Å². The van der Waals surface area contributed by atoms with Gasteiger partial charge in [0.15, 0.2) is 12.7 Å². The van der Waals surface area contributed by atoms with Gasteiger partial charge in [0.2, 0.25) is 5.78 Å². The van der Waals surface area contributed by atoms with Crippen molar-refractivity contribution < 1.29 is 19.1 Å². The maximum atomic E-state index is 12.5. The smallest absolute Gasteiger partial charge is 0.344 e. The van der Waals surface area contributed by atoms with E-state index in [1.165, 1.54) is 11.1 Å². The zero-order valence-corrected chi connectivity index (χ0v) is 14.6. The number of hydrogen-bond donors (Lipinski definition) is 0. The van der Waals surface area contributed by atoms with Crippen molar-refractivity contribution in [1.29, 1.82) is 0 Å². The molecular weight excluding hydrogens is 316 g/mol. The second kappa shape index (κ2) is 7.51. The van der Waals surface area contributed by atoms with Gasteiger partial charge >= 0.3 is 5.97 Å². The van der Waals surface area contributed by atoms with Crippen LogP contribution in [0.2, 0.25) is 0 Å². The van der Waals surface area contributed by atoms with E-state index in [0.29, 0.717) is 11.3 Å². The molecule has 130 valence electrons. The highest BCUT2D eigenvalue weighted by molar-refractivity contribution is 6.00. The molecule has 1 aliphatic rings. The van der Waals surface area contributed by atoms with Crippen LogP contribution in [0.3, 0.4) is 0 Å². The summed E-state index contributed by atoms with van der Waals surface area (Å²) in [5.74, 6) is -0.128. The molecule has 0 N–H and O–H groups in total. The Balaban J connectivity index is 1.55. The Labute approximate surface area is 147 Å². The van der Waals surface area contributed by atoms with Crippen LogP contribution in [-0.4, -0.2) is 24.5 Å². The van der Waals surface area contributed by atoms with Crippen LogP contribution in [0.1, 0.15) is 40.4 Å². The Morgan fingerprint density at radius 3 is 2.68 bits per heavy atom. The highest BCUT2D eigenvalue weighted by Crippen LogP contribution is 2.23. The number of Topliss-reactive ketones (excluding diaryl/α,β-unsaturated/α-hetero) is 1. The fourth-order valence-electron chi connectivity index (χ4n) is 3.09. The van der Waals surface area contributed by atoms with E-state index in [4.69, 9.17) is 9.47 Å². The van der Waals surface area contributed by atoms with E-state index in [2.05, 4.69) is 0 Å². The van der Waals surface area contributed by atoms with Crippen LogP contribution in [0.5, 0.6) is 5.75 Å². The van der Waals surface area contributed by atoms with Crippen LogP contribution in [0, 0.1) is 6.92 Å². The fraction of sp³-hybridized carbons (Fsp3) is 0.333. The molecule has 1 aliphatic carbocycles. The average molecular weight is 338 g/mol. The zero-order valence-electron chi connectivity index (χ0n) is 14.6. The lowest BCUT2D eigenvalue weighted by Gasteiger charge is -2.13. The number of carbonyl (C=O) groups is 2. The highest BCUT2D eigenvalue weighted by Gasteiger charge is 2.21. The Kier molecular flexibility index (Phi) is 5.17. The van der Waals surface area contributed by atoms with E-state index < -0.39 is 12.1 Å². The van der Waals surface area contributed by atoms with Crippen molar-refractivity contribution in [3.63, 3.8) is 0 Å². The normalized spacial score (nSPS) is 13.8. The zero-order chi connectivity index (χ0) is 17.8. The predicted octanol–water partition coefficient (Wildman–Crippen LogP) is 3.68. The minimum Gasteiger partial charge on any atom is -0.482 e. The number of ether oxygens (including phenoxy) is 2. The van der Waals surface area contributed by atoms with Gasteiger partial charge in [0.25, 0.3) is 0 Å². The fourth-order valence-corrected chi connectivity index (χ4v) is 3.09. The van der Waals surface area contributed by atoms with E-state index in [0.717, 1.165) is 24.8 Å². The summed E-state index contributed by atoms with van der Waals surface area (Å²) in [4.78, 5) is 24.4. The van der Waals surface area contributed by atoms with Crippen LogP contribution in [0.25, 0.3) is 0 Å². The number of fused-ring (bicyclic) bond motifs is 1. The molecule has 4 nitrogen and oxygen atoms in total. The molecule has 0 saturated heterocycles.